The average Bonchev–Trinajstić information content (AvgIpc) is 3.15. The van der Waals surface area contributed by atoms with Gasteiger partial charge in [0.05, 0.1) is 6.61 Å². The summed E-state index contributed by atoms with van der Waals surface area (Å²) in [7, 11) is 0. The number of nitrogens with one attached hydrogen (secondary N) is 1. The van der Waals surface area contributed by atoms with Crippen molar-refractivity contribution >= 4 is 22.5 Å². The van der Waals surface area contributed by atoms with E-state index >= 15 is 0 Å². The van der Waals surface area contributed by atoms with Gasteiger partial charge < -0.3 is 40.0 Å². The fourth-order valence-electron chi connectivity index (χ4n) is 3.64. The van der Waals surface area contributed by atoms with Crippen LogP contribution in [-0.2, 0) is 11.2 Å². The van der Waals surface area contributed by atoms with E-state index in [1.165, 1.54) is 0 Å². The Bertz CT molecular complexity index is 1020. The Morgan fingerprint density at radius 2 is 1.83 bits per heavy atom. The third-order valence-electron chi connectivity index (χ3n) is 5.30. The van der Waals surface area contributed by atoms with Crippen molar-refractivity contribution < 1.29 is 35.0 Å². The molecular formula is C21H22ClNO7. The molecule has 0 aliphatic carbocycles. The van der Waals surface area contributed by atoms with Crippen LogP contribution in [0.5, 0.6) is 5.75 Å². The molecule has 4 rings (SSSR count). The molecule has 1 unspecified atom stereocenters. The highest BCUT2D eigenvalue weighted by Gasteiger charge is 2.57. The minimum atomic E-state index is -2.64. The Balaban J connectivity index is 1.69. The highest BCUT2D eigenvalue weighted by molar-refractivity contribution is 6.30. The first-order valence-electron chi connectivity index (χ1n) is 9.39. The molecule has 0 radical (unpaired) electrons. The lowest BCUT2D eigenvalue weighted by Crippen LogP contribution is -2.69. The van der Waals surface area contributed by atoms with Crippen LogP contribution in [0.2, 0.25) is 5.02 Å². The fraction of sp³-hybridized carbons (Fsp3) is 0.333. The molecule has 2 aromatic carbocycles. The van der Waals surface area contributed by atoms with Crippen LogP contribution in [0.15, 0.2) is 48.7 Å². The van der Waals surface area contributed by atoms with Crippen molar-refractivity contribution in [1.82, 2.24) is 4.98 Å². The lowest BCUT2D eigenvalue weighted by molar-refractivity contribution is -0.385. The molecule has 160 valence electrons. The van der Waals surface area contributed by atoms with E-state index in [1.54, 1.807) is 30.5 Å². The predicted molar refractivity (Wildman–Crippen MR) is 108 cm³/mol. The minimum absolute atomic E-state index is 0.177. The Kier molecular flexibility index (Phi) is 5.73. The van der Waals surface area contributed by atoms with Crippen LogP contribution in [0.25, 0.3) is 10.9 Å². The normalized spacial score (nSPS) is 29.3. The first kappa shape index (κ1) is 21.1. The van der Waals surface area contributed by atoms with Gasteiger partial charge in [0.25, 0.3) is 5.79 Å². The molecule has 8 nitrogen and oxygen atoms in total. The Morgan fingerprint density at radius 1 is 1.10 bits per heavy atom. The van der Waals surface area contributed by atoms with Gasteiger partial charge in [-0.05, 0) is 41.8 Å². The molecule has 0 bridgehead atoms. The number of halogens is 1. The van der Waals surface area contributed by atoms with Crippen molar-refractivity contribution in [3.63, 3.8) is 0 Å². The Morgan fingerprint density at radius 3 is 2.53 bits per heavy atom. The largest absolute Gasteiger partial charge is 0.454 e. The van der Waals surface area contributed by atoms with Crippen molar-refractivity contribution in [1.29, 1.82) is 0 Å². The number of aromatic nitrogens is 1. The number of aliphatic hydroxyl groups excluding tert-OH is 4. The van der Waals surface area contributed by atoms with Crippen LogP contribution in [0.1, 0.15) is 11.1 Å². The van der Waals surface area contributed by atoms with E-state index < -0.39 is 37.0 Å². The maximum absolute atomic E-state index is 10.8. The average molecular weight is 436 g/mol. The SMILES string of the molecule is OC[C@H]1OC(O)[C@@](O)(Oc2cccc3[nH]cc(Cc4ccc(Cl)cc4)c23)[C@@H](O)[C@@H]1O. The van der Waals surface area contributed by atoms with Gasteiger partial charge in [-0.2, -0.15) is 0 Å². The van der Waals surface area contributed by atoms with E-state index in [0.29, 0.717) is 16.8 Å². The van der Waals surface area contributed by atoms with Gasteiger partial charge >= 0.3 is 0 Å². The Labute approximate surface area is 176 Å². The van der Waals surface area contributed by atoms with Crippen LogP contribution >= 0.6 is 11.6 Å². The van der Waals surface area contributed by atoms with E-state index in [0.717, 1.165) is 16.6 Å². The third kappa shape index (κ3) is 3.67. The highest BCUT2D eigenvalue weighted by Crippen LogP contribution is 2.36. The van der Waals surface area contributed by atoms with Gasteiger partial charge in [-0.15, -0.1) is 0 Å². The van der Waals surface area contributed by atoms with Crippen molar-refractivity contribution in [3.8, 4) is 5.75 Å². The van der Waals surface area contributed by atoms with Gasteiger partial charge in [0.1, 0.15) is 18.0 Å². The molecule has 2 heterocycles. The second kappa shape index (κ2) is 8.16. The van der Waals surface area contributed by atoms with Gasteiger partial charge in [-0.3, -0.25) is 0 Å². The summed E-state index contributed by atoms with van der Waals surface area (Å²) in [5, 5.41) is 52.1. The van der Waals surface area contributed by atoms with Gasteiger partial charge in [0, 0.05) is 22.1 Å². The van der Waals surface area contributed by atoms with E-state index in [2.05, 4.69) is 4.98 Å². The summed E-state index contributed by atoms with van der Waals surface area (Å²) in [5.41, 5.74) is 2.56. The van der Waals surface area contributed by atoms with Gasteiger partial charge in [0.2, 0.25) is 6.29 Å². The van der Waals surface area contributed by atoms with Crippen LogP contribution in [0.4, 0.5) is 0 Å². The zero-order chi connectivity index (χ0) is 21.5. The molecule has 5 atom stereocenters. The number of ether oxygens (including phenoxy) is 2. The quantitative estimate of drug-likeness (QED) is 0.328. The molecule has 3 aromatic rings. The fourth-order valence-corrected chi connectivity index (χ4v) is 3.77. The van der Waals surface area contributed by atoms with Gasteiger partial charge in [-0.25, -0.2) is 0 Å². The molecule has 0 spiro atoms. The van der Waals surface area contributed by atoms with Crippen molar-refractivity contribution in [2.24, 2.45) is 0 Å². The van der Waals surface area contributed by atoms with Crippen molar-refractivity contribution in [3.05, 3.63) is 64.8 Å². The monoisotopic (exact) mass is 435 g/mol. The molecule has 0 saturated carbocycles. The topological polar surface area (TPSA) is 135 Å². The standard InChI is InChI=1S/C21H22ClNO7/c22-13-6-4-11(5-7-13)8-12-9-23-14-2-1-3-15(17(12)14)30-21(28)19(26)18(25)16(10-24)29-20(21)27/h1-7,9,16,18-20,23-28H,8,10H2/t16-,18-,19+,20?,21+/m1/s1. The minimum Gasteiger partial charge on any atom is -0.454 e. The second-order valence-electron chi connectivity index (χ2n) is 7.29. The number of hydrogen-bond acceptors (Lipinski definition) is 7. The lowest BCUT2D eigenvalue weighted by Gasteiger charge is -2.45. The third-order valence-corrected chi connectivity index (χ3v) is 5.55. The maximum atomic E-state index is 10.8. The van der Waals surface area contributed by atoms with Crippen LogP contribution in [0.3, 0.4) is 0 Å². The summed E-state index contributed by atoms with van der Waals surface area (Å²) in [6.07, 6.45) is -4.51. The number of hydrogen-bond donors (Lipinski definition) is 6. The van der Waals surface area contributed by atoms with E-state index in [-0.39, 0.29) is 5.75 Å². The number of benzene rings is 2. The maximum Gasteiger partial charge on any atom is 0.288 e. The van der Waals surface area contributed by atoms with E-state index in [9.17, 15) is 25.5 Å². The molecule has 1 aliphatic heterocycles. The summed E-state index contributed by atoms with van der Waals surface area (Å²) in [5.74, 6) is -2.47. The first-order valence-corrected chi connectivity index (χ1v) is 9.76. The summed E-state index contributed by atoms with van der Waals surface area (Å²) in [4.78, 5) is 3.13. The molecule has 0 amide bonds. The zero-order valence-corrected chi connectivity index (χ0v) is 16.5. The van der Waals surface area contributed by atoms with Crippen LogP contribution in [-0.4, -0.2) is 67.5 Å². The number of H-pyrrole nitrogens is 1. The lowest BCUT2D eigenvalue weighted by atomic mass is 9.95. The summed E-state index contributed by atoms with van der Waals surface area (Å²) in [6, 6.07) is 12.4. The van der Waals surface area contributed by atoms with Gasteiger partial charge in [0.15, 0.2) is 6.10 Å². The van der Waals surface area contributed by atoms with Crippen molar-refractivity contribution in [2.75, 3.05) is 6.61 Å². The molecule has 1 aromatic heterocycles. The molecular weight excluding hydrogens is 414 g/mol. The molecule has 1 aliphatic rings. The predicted octanol–water partition coefficient (Wildman–Crippen LogP) is 0.911. The van der Waals surface area contributed by atoms with E-state index in [1.807, 2.05) is 18.2 Å². The molecule has 1 saturated heterocycles. The van der Waals surface area contributed by atoms with Crippen LogP contribution < -0.4 is 4.74 Å². The molecule has 9 heteroatoms. The number of fused-ring (bicyclic) bond motifs is 1. The number of rotatable bonds is 5. The molecule has 1 fully saturated rings. The molecule has 6 N–H and O–H groups in total. The first-order chi connectivity index (χ1) is 14.3. The van der Waals surface area contributed by atoms with Gasteiger partial charge in [-0.1, -0.05) is 29.8 Å². The number of aliphatic hydroxyl groups is 5. The summed E-state index contributed by atoms with van der Waals surface area (Å²) < 4.78 is 10.7. The second-order valence-corrected chi connectivity index (χ2v) is 7.73. The number of aromatic amines is 1. The smallest absolute Gasteiger partial charge is 0.288 e. The zero-order valence-electron chi connectivity index (χ0n) is 15.8. The van der Waals surface area contributed by atoms with Crippen molar-refractivity contribution in [2.45, 2.75) is 36.8 Å². The summed E-state index contributed by atoms with van der Waals surface area (Å²) in [6.45, 7) is -0.649. The van der Waals surface area contributed by atoms with Crippen LogP contribution in [0, 0.1) is 0 Å². The van der Waals surface area contributed by atoms with E-state index in [4.69, 9.17) is 21.1 Å². The Hall–Kier alpha value is -2.17. The molecule has 30 heavy (non-hydrogen) atoms. The summed E-state index contributed by atoms with van der Waals surface area (Å²) >= 11 is 5.95. The highest BCUT2D eigenvalue weighted by atomic mass is 35.5.